The molecule has 0 radical (unpaired) electrons. The maximum atomic E-state index is 15.4. The number of esters is 1. The summed E-state index contributed by atoms with van der Waals surface area (Å²) in [6.45, 7) is 0.624. The molecule has 7 nitrogen and oxygen atoms in total. The summed E-state index contributed by atoms with van der Waals surface area (Å²) in [7, 11) is 1.23. The van der Waals surface area contributed by atoms with Crippen LogP contribution in [0.3, 0.4) is 0 Å². The lowest BCUT2D eigenvalue weighted by atomic mass is 9.85. The van der Waals surface area contributed by atoms with Crippen LogP contribution in [0.2, 0.25) is 5.02 Å². The van der Waals surface area contributed by atoms with E-state index in [2.05, 4.69) is 9.98 Å². The molecule has 1 saturated heterocycles. The van der Waals surface area contributed by atoms with E-state index in [-0.39, 0.29) is 52.8 Å². The van der Waals surface area contributed by atoms with Gasteiger partial charge in [-0.25, -0.2) is 18.0 Å². The molecule has 6 rings (SSSR count). The van der Waals surface area contributed by atoms with Crippen LogP contribution in [0.1, 0.15) is 45.9 Å². The average molecular weight is 623 g/mol. The van der Waals surface area contributed by atoms with Crippen LogP contribution in [0.15, 0.2) is 71.9 Å². The Labute approximate surface area is 256 Å². The Morgan fingerprint density at radius 1 is 1.00 bits per heavy atom. The van der Waals surface area contributed by atoms with Crippen LogP contribution in [0, 0.1) is 17.5 Å². The summed E-state index contributed by atoms with van der Waals surface area (Å²) >= 11 is 5.78. The van der Waals surface area contributed by atoms with Crippen molar-refractivity contribution in [3.63, 3.8) is 0 Å². The molecule has 3 aromatic carbocycles. The molecule has 44 heavy (non-hydrogen) atoms. The molecule has 2 aliphatic heterocycles. The van der Waals surface area contributed by atoms with Crippen LogP contribution in [-0.4, -0.2) is 36.5 Å². The number of benzene rings is 3. The number of rotatable bonds is 10. The lowest BCUT2D eigenvalue weighted by molar-refractivity contribution is -0.0553. The van der Waals surface area contributed by atoms with E-state index in [1.807, 2.05) is 0 Å². The van der Waals surface area contributed by atoms with Crippen molar-refractivity contribution in [3.8, 4) is 17.2 Å². The highest BCUT2D eigenvalue weighted by molar-refractivity contribution is 6.30. The van der Waals surface area contributed by atoms with Crippen molar-refractivity contribution in [2.75, 3.05) is 13.7 Å². The van der Waals surface area contributed by atoms with E-state index in [4.69, 9.17) is 30.5 Å². The first kappa shape index (κ1) is 29.7. The minimum Gasteiger partial charge on any atom is -0.484 e. The Bertz CT molecular complexity index is 1760. The van der Waals surface area contributed by atoms with E-state index >= 15 is 8.78 Å². The third kappa shape index (κ3) is 6.41. The summed E-state index contributed by atoms with van der Waals surface area (Å²) in [6, 6.07) is 14.5. The van der Waals surface area contributed by atoms with E-state index in [9.17, 15) is 9.18 Å². The zero-order valence-corrected chi connectivity index (χ0v) is 24.2. The summed E-state index contributed by atoms with van der Waals surface area (Å²) in [5.74, 6) is -2.08. The van der Waals surface area contributed by atoms with E-state index < -0.39 is 23.4 Å². The fourth-order valence-corrected chi connectivity index (χ4v) is 5.37. The first-order valence-corrected chi connectivity index (χ1v) is 14.2. The monoisotopic (exact) mass is 622 g/mol. The fourth-order valence-electron chi connectivity index (χ4n) is 5.21. The smallest absolute Gasteiger partial charge is 0.337 e. The molecule has 0 spiro atoms. The topological polar surface area (TPSA) is 79.2 Å². The third-order valence-corrected chi connectivity index (χ3v) is 7.76. The average Bonchev–Trinajstić information content (AvgIpc) is 3.33. The number of halogens is 4. The number of hydrogen-bond acceptors (Lipinski definition) is 7. The Morgan fingerprint density at radius 3 is 2.55 bits per heavy atom. The molecule has 0 bridgehead atoms. The van der Waals surface area contributed by atoms with Gasteiger partial charge in [0, 0.05) is 48.0 Å². The van der Waals surface area contributed by atoms with Gasteiger partial charge >= 0.3 is 5.97 Å². The van der Waals surface area contributed by atoms with Gasteiger partial charge < -0.3 is 18.9 Å². The SMILES string of the molecule is COC(=O)c1cc(F)c2c(c1)C(C[C@@H]1CCO1)C(Cc1ccc(Oc3ccnc(COc4ccc(Cl)cc4F)c3)cc1F)=N2. The van der Waals surface area contributed by atoms with Crippen molar-refractivity contribution >= 4 is 29.0 Å². The molecule has 2 atom stereocenters. The zero-order valence-electron chi connectivity index (χ0n) is 23.5. The predicted octanol–water partition coefficient (Wildman–Crippen LogP) is 7.90. The molecule has 226 valence electrons. The van der Waals surface area contributed by atoms with Crippen molar-refractivity contribution < 1.29 is 36.9 Å². The number of fused-ring (bicyclic) bond motifs is 1. The molecule has 11 heteroatoms. The number of nitrogens with zero attached hydrogens (tertiary/aromatic N) is 2. The lowest BCUT2D eigenvalue weighted by Gasteiger charge is -2.29. The van der Waals surface area contributed by atoms with Gasteiger partial charge in [0.1, 0.15) is 35.4 Å². The lowest BCUT2D eigenvalue weighted by Crippen LogP contribution is -2.30. The minimum absolute atomic E-state index is 0.0255. The van der Waals surface area contributed by atoms with Crippen LogP contribution in [0.5, 0.6) is 17.2 Å². The maximum absolute atomic E-state index is 15.4. The maximum Gasteiger partial charge on any atom is 0.337 e. The van der Waals surface area contributed by atoms with E-state index in [0.29, 0.717) is 41.3 Å². The molecule has 0 N–H and O–H groups in total. The predicted molar refractivity (Wildman–Crippen MR) is 157 cm³/mol. The second kappa shape index (κ2) is 12.7. The fraction of sp³-hybridized carbons (Fsp3) is 0.242. The highest BCUT2D eigenvalue weighted by atomic mass is 35.5. The van der Waals surface area contributed by atoms with Crippen LogP contribution in [0.4, 0.5) is 18.9 Å². The second-order valence-corrected chi connectivity index (χ2v) is 10.9. The molecule has 1 unspecified atom stereocenters. The number of ether oxygens (including phenoxy) is 4. The van der Waals surface area contributed by atoms with E-state index in [1.54, 1.807) is 30.3 Å². The molecular formula is C33H26ClF3N2O5. The molecule has 4 aromatic rings. The molecule has 0 aliphatic carbocycles. The number of methoxy groups -OCH3 is 1. The molecule has 0 saturated carbocycles. The second-order valence-electron chi connectivity index (χ2n) is 10.4. The van der Waals surface area contributed by atoms with Gasteiger partial charge in [-0.3, -0.25) is 9.98 Å². The summed E-state index contributed by atoms with van der Waals surface area (Å²) in [5, 5.41) is 0.258. The third-order valence-electron chi connectivity index (χ3n) is 7.53. The summed E-state index contributed by atoms with van der Waals surface area (Å²) in [6.07, 6.45) is 3.01. The van der Waals surface area contributed by atoms with Crippen molar-refractivity contribution in [3.05, 3.63) is 112 Å². The Hall–Kier alpha value is -4.41. The van der Waals surface area contributed by atoms with Gasteiger partial charge in [0.15, 0.2) is 11.6 Å². The largest absolute Gasteiger partial charge is 0.484 e. The number of carbonyl (C=O) groups excluding carboxylic acids is 1. The number of aromatic nitrogens is 1. The summed E-state index contributed by atoms with van der Waals surface area (Å²) in [5.41, 5.74) is 2.21. The molecule has 0 amide bonds. The number of carbonyl (C=O) groups is 1. The molecule has 2 aliphatic rings. The van der Waals surface area contributed by atoms with E-state index in [1.165, 1.54) is 31.5 Å². The van der Waals surface area contributed by atoms with Crippen LogP contribution >= 0.6 is 11.6 Å². The quantitative estimate of drug-likeness (QED) is 0.167. The molecule has 1 fully saturated rings. The van der Waals surface area contributed by atoms with E-state index in [0.717, 1.165) is 18.6 Å². The summed E-state index contributed by atoms with van der Waals surface area (Å²) < 4.78 is 66.2. The van der Waals surface area contributed by atoms with Crippen LogP contribution in [-0.2, 0) is 22.5 Å². The Morgan fingerprint density at radius 2 is 1.82 bits per heavy atom. The van der Waals surface area contributed by atoms with Crippen molar-refractivity contribution in [2.24, 2.45) is 4.99 Å². The van der Waals surface area contributed by atoms with Gasteiger partial charge in [0.25, 0.3) is 0 Å². The number of aliphatic imine (C=N–C) groups is 1. The van der Waals surface area contributed by atoms with Crippen molar-refractivity contribution in [1.29, 1.82) is 0 Å². The Balaban J connectivity index is 1.16. The summed E-state index contributed by atoms with van der Waals surface area (Å²) in [4.78, 5) is 20.9. The van der Waals surface area contributed by atoms with Crippen LogP contribution in [0.25, 0.3) is 0 Å². The minimum atomic E-state index is -0.648. The van der Waals surface area contributed by atoms with Crippen molar-refractivity contribution in [2.45, 2.75) is 37.9 Å². The standard InChI is InChI=1S/C33H26ClF3N2O5/c1-41-33(40)19-10-26-25(15-22-7-9-42-22)30(39-32(26)29(37)11-19)12-18-2-4-23(16-27(18)35)44-24-6-8-38-21(14-24)17-43-31-5-3-20(34)13-28(31)36/h2-6,8,10-11,13-14,16,22,25H,7,9,12,15,17H2,1H3/t22-,25?/m0/s1. The highest BCUT2D eigenvalue weighted by Gasteiger charge is 2.35. The zero-order chi connectivity index (χ0) is 30.8. The molecule has 3 heterocycles. The van der Waals surface area contributed by atoms with Gasteiger partial charge in [-0.2, -0.15) is 0 Å². The first-order chi connectivity index (χ1) is 21.3. The van der Waals surface area contributed by atoms with Gasteiger partial charge in [-0.05, 0) is 66.4 Å². The van der Waals surface area contributed by atoms with Gasteiger partial charge in [-0.1, -0.05) is 17.7 Å². The van der Waals surface area contributed by atoms with Crippen molar-refractivity contribution in [1.82, 2.24) is 4.98 Å². The molecule has 1 aromatic heterocycles. The number of hydrogen-bond donors (Lipinski definition) is 0. The number of pyridine rings is 1. The van der Waals surface area contributed by atoms with Gasteiger partial charge in [-0.15, -0.1) is 0 Å². The highest BCUT2D eigenvalue weighted by Crippen LogP contribution is 2.43. The van der Waals surface area contributed by atoms with Gasteiger partial charge in [0.2, 0.25) is 0 Å². The van der Waals surface area contributed by atoms with Gasteiger partial charge in [0.05, 0.1) is 24.5 Å². The first-order valence-electron chi connectivity index (χ1n) is 13.9. The van der Waals surface area contributed by atoms with Crippen LogP contribution < -0.4 is 9.47 Å². The molecular weight excluding hydrogens is 597 g/mol. The Kier molecular flexibility index (Phi) is 8.54. The normalized spacial score (nSPS) is 17.0.